The highest BCUT2D eigenvalue weighted by atomic mass is 35.5. The summed E-state index contributed by atoms with van der Waals surface area (Å²) in [6, 6.07) is 4.65. The van der Waals surface area contributed by atoms with Crippen molar-refractivity contribution in [1.29, 1.82) is 0 Å². The molecule has 128 valence electrons. The second-order valence-corrected chi connectivity index (χ2v) is 7.09. The molecule has 1 aliphatic heterocycles. The van der Waals surface area contributed by atoms with Gasteiger partial charge < -0.3 is 14.9 Å². The highest BCUT2D eigenvalue weighted by molar-refractivity contribution is 6.30. The third-order valence-electron chi connectivity index (χ3n) is 5.01. The molecule has 1 aliphatic carbocycles. The molecule has 0 unspecified atom stereocenters. The normalized spacial score (nSPS) is 29.8. The second-order valence-electron chi connectivity index (χ2n) is 6.68. The molecule has 4 nitrogen and oxygen atoms in total. The minimum absolute atomic E-state index is 0.0289. The van der Waals surface area contributed by atoms with E-state index in [1.165, 1.54) is 25.0 Å². The number of piperidine rings is 1. The van der Waals surface area contributed by atoms with Gasteiger partial charge in [-0.1, -0.05) is 24.4 Å². The van der Waals surface area contributed by atoms with Crippen molar-refractivity contribution in [3.63, 3.8) is 0 Å². The summed E-state index contributed by atoms with van der Waals surface area (Å²) in [7, 11) is 0. The van der Waals surface area contributed by atoms with Crippen LogP contribution in [0.5, 0.6) is 5.75 Å². The van der Waals surface area contributed by atoms with E-state index in [9.17, 15) is 14.6 Å². The van der Waals surface area contributed by atoms with Gasteiger partial charge in [-0.3, -0.25) is 4.90 Å². The van der Waals surface area contributed by atoms with Crippen molar-refractivity contribution in [1.82, 2.24) is 4.90 Å². The number of benzene rings is 1. The average molecular weight is 344 g/mol. The van der Waals surface area contributed by atoms with Crippen LogP contribution in [-0.2, 0) is 0 Å². The number of rotatable bonds is 4. The van der Waals surface area contributed by atoms with Gasteiger partial charge in [0.1, 0.15) is 23.8 Å². The Hall–Kier alpha value is -0.880. The van der Waals surface area contributed by atoms with E-state index in [1.807, 2.05) is 0 Å². The van der Waals surface area contributed by atoms with Crippen LogP contribution in [0.25, 0.3) is 0 Å². The van der Waals surface area contributed by atoms with Crippen molar-refractivity contribution in [2.45, 2.75) is 49.9 Å². The predicted molar refractivity (Wildman–Crippen MR) is 86.3 cm³/mol. The largest absolute Gasteiger partial charge is 0.490 e. The Kier molecular flexibility index (Phi) is 5.11. The molecule has 0 spiro atoms. The lowest BCUT2D eigenvalue weighted by Crippen LogP contribution is -2.61. The van der Waals surface area contributed by atoms with Crippen LogP contribution in [-0.4, -0.2) is 52.6 Å². The minimum atomic E-state index is -1.34. The van der Waals surface area contributed by atoms with E-state index in [1.54, 1.807) is 6.07 Å². The number of β-amino-alcohol motifs (C(OH)–C–C–N with tert-alkyl or cyclic N) is 1. The lowest BCUT2D eigenvalue weighted by Gasteiger charge is -2.44. The Morgan fingerprint density at radius 3 is 2.74 bits per heavy atom. The van der Waals surface area contributed by atoms with Gasteiger partial charge in [0.05, 0.1) is 11.1 Å². The van der Waals surface area contributed by atoms with Gasteiger partial charge in [-0.25, -0.2) is 4.39 Å². The monoisotopic (exact) mass is 343 g/mol. The molecule has 2 N–H and O–H groups in total. The number of hydrogen-bond donors (Lipinski definition) is 2. The molecule has 2 fully saturated rings. The molecule has 1 aromatic carbocycles. The SMILES string of the molecule is O[C@H]1CCN(C2CCCC2)C[C@]1(O)COc1ccc(Cl)c(F)c1. The second kappa shape index (κ2) is 6.93. The fraction of sp³-hybridized carbons (Fsp3) is 0.647. The van der Waals surface area contributed by atoms with Gasteiger partial charge in [0.25, 0.3) is 0 Å². The van der Waals surface area contributed by atoms with Gasteiger partial charge >= 0.3 is 0 Å². The highest BCUT2D eigenvalue weighted by Gasteiger charge is 2.43. The summed E-state index contributed by atoms with van der Waals surface area (Å²) in [5.74, 6) is -0.265. The summed E-state index contributed by atoms with van der Waals surface area (Å²) in [4.78, 5) is 2.26. The van der Waals surface area contributed by atoms with E-state index < -0.39 is 17.5 Å². The Bertz CT molecular complexity index is 553. The summed E-state index contributed by atoms with van der Waals surface area (Å²) < 4.78 is 19.0. The van der Waals surface area contributed by atoms with Gasteiger partial charge in [0.2, 0.25) is 0 Å². The van der Waals surface area contributed by atoms with Crippen LogP contribution in [0.1, 0.15) is 32.1 Å². The van der Waals surface area contributed by atoms with Crippen LogP contribution in [0.15, 0.2) is 18.2 Å². The third kappa shape index (κ3) is 3.79. The van der Waals surface area contributed by atoms with Crippen molar-refractivity contribution < 1.29 is 19.3 Å². The Balaban J connectivity index is 1.64. The molecule has 1 saturated heterocycles. The molecular weight excluding hydrogens is 321 g/mol. The van der Waals surface area contributed by atoms with Gasteiger partial charge in [0, 0.05) is 25.2 Å². The van der Waals surface area contributed by atoms with Crippen LogP contribution in [0, 0.1) is 5.82 Å². The molecule has 0 aromatic heterocycles. The van der Waals surface area contributed by atoms with Crippen LogP contribution in [0.2, 0.25) is 5.02 Å². The molecule has 0 radical (unpaired) electrons. The minimum Gasteiger partial charge on any atom is -0.490 e. The van der Waals surface area contributed by atoms with Crippen LogP contribution in [0.3, 0.4) is 0 Å². The topological polar surface area (TPSA) is 52.9 Å². The maximum atomic E-state index is 13.5. The average Bonchev–Trinajstić information content (AvgIpc) is 3.06. The van der Waals surface area contributed by atoms with E-state index >= 15 is 0 Å². The highest BCUT2D eigenvalue weighted by Crippen LogP contribution is 2.31. The number of likely N-dealkylation sites (tertiary alicyclic amines) is 1. The molecule has 6 heteroatoms. The molecule has 1 aromatic rings. The fourth-order valence-electron chi connectivity index (χ4n) is 3.59. The lowest BCUT2D eigenvalue weighted by molar-refractivity contribution is -0.144. The van der Waals surface area contributed by atoms with Crippen LogP contribution in [0.4, 0.5) is 4.39 Å². The van der Waals surface area contributed by atoms with E-state index in [0.29, 0.717) is 24.8 Å². The third-order valence-corrected chi connectivity index (χ3v) is 5.31. The van der Waals surface area contributed by atoms with Crippen molar-refractivity contribution in [3.8, 4) is 5.75 Å². The zero-order valence-electron chi connectivity index (χ0n) is 13.0. The molecule has 0 amide bonds. The first kappa shape index (κ1) is 17.0. The smallest absolute Gasteiger partial charge is 0.145 e. The lowest BCUT2D eigenvalue weighted by atomic mass is 9.89. The number of ether oxygens (including phenoxy) is 1. The van der Waals surface area contributed by atoms with Gasteiger partial charge in [0.15, 0.2) is 0 Å². The number of halogens is 2. The summed E-state index contributed by atoms with van der Waals surface area (Å²) >= 11 is 5.65. The summed E-state index contributed by atoms with van der Waals surface area (Å²) in [5.41, 5.74) is -1.34. The number of hydrogen-bond acceptors (Lipinski definition) is 4. The summed E-state index contributed by atoms with van der Waals surface area (Å²) in [6.07, 6.45) is 4.43. The predicted octanol–water partition coefficient (Wildman–Crippen LogP) is 2.60. The van der Waals surface area contributed by atoms with E-state index in [0.717, 1.165) is 19.4 Å². The van der Waals surface area contributed by atoms with Crippen molar-refractivity contribution >= 4 is 11.6 Å². The fourth-order valence-corrected chi connectivity index (χ4v) is 3.71. The van der Waals surface area contributed by atoms with Crippen LogP contribution >= 0.6 is 11.6 Å². The van der Waals surface area contributed by atoms with Gasteiger partial charge in [-0.2, -0.15) is 0 Å². The first-order chi connectivity index (χ1) is 11.0. The zero-order valence-corrected chi connectivity index (χ0v) is 13.8. The maximum absolute atomic E-state index is 13.5. The molecule has 2 atom stereocenters. The first-order valence-corrected chi connectivity index (χ1v) is 8.58. The van der Waals surface area contributed by atoms with Crippen LogP contribution < -0.4 is 4.74 Å². The van der Waals surface area contributed by atoms with Gasteiger partial charge in [-0.05, 0) is 31.4 Å². The van der Waals surface area contributed by atoms with Crippen molar-refractivity contribution in [3.05, 3.63) is 29.0 Å². The molecule has 23 heavy (non-hydrogen) atoms. The van der Waals surface area contributed by atoms with Crippen molar-refractivity contribution in [2.24, 2.45) is 0 Å². The Morgan fingerprint density at radius 1 is 1.30 bits per heavy atom. The molecular formula is C17H23ClFNO3. The standard InChI is InChI=1S/C17H23ClFNO3/c18-14-6-5-13(9-15(14)19)23-11-17(22)10-20(8-7-16(17)21)12-3-1-2-4-12/h5-6,9,12,16,21-22H,1-4,7-8,10-11H2/t16-,17-/m0/s1. The molecule has 2 aliphatic rings. The van der Waals surface area contributed by atoms with E-state index in [4.69, 9.17) is 16.3 Å². The zero-order chi connectivity index (χ0) is 16.4. The summed E-state index contributed by atoms with van der Waals surface area (Å²) in [5, 5.41) is 21.1. The number of aliphatic hydroxyl groups is 2. The molecule has 0 bridgehead atoms. The van der Waals surface area contributed by atoms with Gasteiger partial charge in [-0.15, -0.1) is 0 Å². The quantitative estimate of drug-likeness (QED) is 0.882. The number of aliphatic hydroxyl groups excluding tert-OH is 1. The van der Waals surface area contributed by atoms with E-state index in [-0.39, 0.29) is 11.6 Å². The molecule has 1 heterocycles. The van der Waals surface area contributed by atoms with Crippen molar-refractivity contribution in [2.75, 3.05) is 19.7 Å². The Labute approximate surface area is 140 Å². The molecule has 3 rings (SSSR count). The first-order valence-electron chi connectivity index (χ1n) is 8.20. The van der Waals surface area contributed by atoms with E-state index in [2.05, 4.69) is 4.90 Å². The summed E-state index contributed by atoms with van der Waals surface area (Å²) in [6.45, 7) is 1.11. The Morgan fingerprint density at radius 2 is 2.04 bits per heavy atom. The maximum Gasteiger partial charge on any atom is 0.145 e. The molecule has 1 saturated carbocycles. The number of nitrogens with zero attached hydrogens (tertiary/aromatic N) is 1.